The summed E-state index contributed by atoms with van der Waals surface area (Å²) in [6, 6.07) is 3.20. The number of rotatable bonds is 29. The monoisotopic (exact) mass is 688 g/mol. The van der Waals surface area contributed by atoms with Gasteiger partial charge in [0.05, 0.1) is 12.5 Å². The second-order valence-corrected chi connectivity index (χ2v) is 13.6. The number of unbranched alkanes of at least 4 members (excludes halogenated alkanes) is 13. The van der Waals surface area contributed by atoms with E-state index in [2.05, 4.69) is 28.2 Å². The number of carboxylic acid groups (broad SMARTS) is 1. The summed E-state index contributed by atoms with van der Waals surface area (Å²) in [6.07, 6.45) is 18.0. The smallest absolute Gasteiger partial charge is 0.305 e. The number of amides is 3. The lowest BCUT2D eigenvalue weighted by Gasteiger charge is -2.27. The number of aliphatic carboxylic acids is 1. The molecule has 3 amide bonds. The summed E-state index contributed by atoms with van der Waals surface area (Å²) >= 11 is 0. The van der Waals surface area contributed by atoms with Crippen molar-refractivity contribution in [3.63, 3.8) is 0 Å². The first-order valence-corrected chi connectivity index (χ1v) is 18.6. The fraction of sp³-hybridized carbons (Fsp3) is 0.711. The molecular weight excluding hydrogens is 624 g/mol. The molecule has 6 N–H and O–H groups in total. The number of hydrogen-bond acceptors (Lipinski definition) is 7. The Bertz CT molecular complexity index is 1100. The highest BCUT2D eigenvalue weighted by molar-refractivity contribution is 5.93. The van der Waals surface area contributed by atoms with Crippen molar-refractivity contribution in [1.82, 2.24) is 21.3 Å². The van der Waals surface area contributed by atoms with Crippen LogP contribution < -0.4 is 21.3 Å². The van der Waals surface area contributed by atoms with E-state index >= 15 is 0 Å². The second-order valence-electron chi connectivity index (χ2n) is 13.6. The third-order valence-electron chi connectivity index (χ3n) is 8.76. The van der Waals surface area contributed by atoms with Gasteiger partial charge in [-0.2, -0.15) is 0 Å². The Kier molecular flexibility index (Phi) is 23.5. The molecule has 1 aromatic rings. The number of aldehydes is 1. The van der Waals surface area contributed by atoms with Crippen molar-refractivity contribution in [1.29, 1.82) is 0 Å². The van der Waals surface area contributed by atoms with Crippen LogP contribution in [0.4, 0.5) is 0 Å². The predicted molar refractivity (Wildman–Crippen MR) is 193 cm³/mol. The van der Waals surface area contributed by atoms with Crippen LogP contribution in [-0.4, -0.2) is 70.9 Å². The molecule has 0 spiro atoms. The van der Waals surface area contributed by atoms with Gasteiger partial charge in [-0.25, -0.2) is 0 Å². The molecule has 1 aromatic carbocycles. The first-order valence-electron chi connectivity index (χ1n) is 18.6. The van der Waals surface area contributed by atoms with E-state index in [9.17, 15) is 29.1 Å². The van der Waals surface area contributed by atoms with Gasteiger partial charge < -0.3 is 36.3 Å². The number of carbonyl (C=O) groups is 5. The molecule has 0 aromatic heterocycles. The normalized spacial score (nSPS) is 13.7. The van der Waals surface area contributed by atoms with E-state index < -0.39 is 48.4 Å². The Labute approximate surface area is 294 Å². The topological polar surface area (TPSA) is 174 Å². The molecule has 0 aliphatic carbocycles. The van der Waals surface area contributed by atoms with Crippen LogP contribution in [0, 0.1) is 5.92 Å². The van der Waals surface area contributed by atoms with Crippen LogP contribution in [-0.2, 0) is 30.4 Å². The lowest BCUT2D eigenvalue weighted by molar-refractivity contribution is -0.138. The summed E-state index contributed by atoms with van der Waals surface area (Å²) in [4.78, 5) is 61.5. The molecule has 0 bridgehead atoms. The molecule has 4 atom stereocenters. The molecule has 0 radical (unpaired) electrons. The summed E-state index contributed by atoms with van der Waals surface area (Å²) in [5.74, 6) is -2.85. The highest BCUT2D eigenvalue weighted by atomic mass is 16.4. The molecule has 0 saturated heterocycles. The Morgan fingerprint density at radius 3 is 1.73 bits per heavy atom. The maximum atomic E-state index is 13.6. The van der Waals surface area contributed by atoms with Crippen LogP contribution in [0.2, 0.25) is 0 Å². The quantitative estimate of drug-likeness (QED) is 0.0468. The lowest BCUT2D eigenvalue weighted by Crippen LogP contribution is -2.58. The largest absolute Gasteiger partial charge is 0.508 e. The van der Waals surface area contributed by atoms with Crippen molar-refractivity contribution in [2.45, 2.75) is 161 Å². The average Bonchev–Trinajstić information content (AvgIpc) is 3.05. The van der Waals surface area contributed by atoms with E-state index in [4.69, 9.17) is 5.11 Å². The third-order valence-corrected chi connectivity index (χ3v) is 8.76. The van der Waals surface area contributed by atoms with Crippen molar-refractivity contribution in [3.8, 4) is 5.75 Å². The number of phenols is 1. The fourth-order valence-electron chi connectivity index (χ4n) is 5.73. The van der Waals surface area contributed by atoms with Gasteiger partial charge in [-0.1, -0.05) is 116 Å². The third kappa shape index (κ3) is 20.6. The van der Waals surface area contributed by atoms with Gasteiger partial charge in [0.25, 0.3) is 0 Å². The highest BCUT2D eigenvalue weighted by Gasteiger charge is 2.30. The summed E-state index contributed by atoms with van der Waals surface area (Å²) in [5, 5.41) is 30.1. The van der Waals surface area contributed by atoms with Crippen molar-refractivity contribution in [2.75, 3.05) is 6.54 Å². The highest BCUT2D eigenvalue weighted by Crippen LogP contribution is 2.14. The van der Waals surface area contributed by atoms with Crippen LogP contribution in [0.1, 0.15) is 136 Å². The van der Waals surface area contributed by atoms with E-state index in [1.165, 1.54) is 77.6 Å². The van der Waals surface area contributed by atoms with Crippen molar-refractivity contribution in [3.05, 3.63) is 29.8 Å². The molecule has 0 heterocycles. The average molecular weight is 689 g/mol. The Morgan fingerprint density at radius 1 is 0.714 bits per heavy atom. The first kappa shape index (κ1) is 43.6. The van der Waals surface area contributed by atoms with Crippen molar-refractivity contribution in [2.24, 2.45) is 5.92 Å². The minimum atomic E-state index is -1.16. The number of nitrogens with one attached hydrogen (secondary N) is 4. The van der Waals surface area contributed by atoms with Crippen LogP contribution >= 0.6 is 0 Å². The molecule has 1 rings (SSSR count). The van der Waals surface area contributed by atoms with E-state index in [0.717, 1.165) is 24.8 Å². The van der Waals surface area contributed by atoms with Gasteiger partial charge in [0.1, 0.15) is 24.1 Å². The number of carboxylic acids is 1. The molecule has 11 nitrogen and oxygen atoms in total. The van der Waals surface area contributed by atoms with Gasteiger partial charge in [0, 0.05) is 12.5 Å². The molecule has 0 fully saturated rings. The van der Waals surface area contributed by atoms with Crippen LogP contribution in [0.15, 0.2) is 24.3 Å². The number of aromatic hydroxyl groups is 1. The summed E-state index contributed by atoms with van der Waals surface area (Å²) < 4.78 is 0. The number of hydrogen-bond donors (Lipinski definition) is 6. The zero-order valence-corrected chi connectivity index (χ0v) is 30.4. The number of carbonyl (C=O) groups excluding carboxylic acids is 4. The van der Waals surface area contributed by atoms with Crippen LogP contribution in [0.5, 0.6) is 5.75 Å². The molecule has 0 aliphatic rings. The summed E-state index contributed by atoms with van der Waals surface area (Å²) in [6.45, 7) is 7.93. The van der Waals surface area contributed by atoms with Crippen molar-refractivity contribution < 1.29 is 34.2 Å². The first-order chi connectivity index (χ1) is 23.5. The van der Waals surface area contributed by atoms with Gasteiger partial charge in [-0.3, -0.25) is 19.2 Å². The van der Waals surface area contributed by atoms with Crippen LogP contribution in [0.3, 0.4) is 0 Å². The molecule has 11 heteroatoms. The summed E-state index contributed by atoms with van der Waals surface area (Å²) in [7, 11) is 0. The minimum Gasteiger partial charge on any atom is -0.508 e. The SMILES string of the molecule is CCCCCCCCCCCCCCCCN[C@@H](Cc1ccc(O)cc1)C(=O)N[C@H](C(=O)N[C@@H](C)C(=O)N[C@H](CC=O)CC(=O)O)C(C)C. The molecule has 49 heavy (non-hydrogen) atoms. The van der Waals surface area contributed by atoms with Gasteiger partial charge in [-0.15, -0.1) is 0 Å². The molecule has 0 unspecified atom stereocenters. The van der Waals surface area contributed by atoms with Crippen LogP contribution in [0.25, 0.3) is 0 Å². The zero-order chi connectivity index (χ0) is 36.4. The van der Waals surface area contributed by atoms with E-state index in [-0.39, 0.29) is 24.0 Å². The molecule has 278 valence electrons. The van der Waals surface area contributed by atoms with Gasteiger partial charge in [-0.05, 0) is 49.9 Å². The molecule has 0 aliphatic heterocycles. The number of benzene rings is 1. The van der Waals surface area contributed by atoms with Gasteiger partial charge >= 0.3 is 5.97 Å². The Balaban J connectivity index is 2.63. The molecular formula is C38H64N4O7. The van der Waals surface area contributed by atoms with Gasteiger partial charge in [0.15, 0.2) is 0 Å². The van der Waals surface area contributed by atoms with Gasteiger partial charge in [0.2, 0.25) is 17.7 Å². The number of phenolic OH excluding ortho intramolecular Hbond substituents is 1. The molecule has 0 saturated carbocycles. The predicted octanol–water partition coefficient (Wildman–Crippen LogP) is 5.57. The lowest BCUT2D eigenvalue weighted by atomic mass is 10.0. The van der Waals surface area contributed by atoms with E-state index in [0.29, 0.717) is 19.3 Å². The van der Waals surface area contributed by atoms with Crippen molar-refractivity contribution >= 4 is 30.0 Å². The maximum absolute atomic E-state index is 13.6. The standard InChI is InChI=1S/C38H64N4O7/c1-5-6-7-8-9-10-11-12-13-14-15-16-17-18-24-39-33(26-30-19-21-32(44)22-20-30)37(48)42-35(28(2)3)38(49)40-29(4)36(47)41-31(23-25-43)27-34(45)46/h19-22,25,28-29,31,33,35,39,44H,5-18,23-24,26-27H2,1-4H3,(H,40,49)(H,41,47)(H,42,48)(H,45,46)/t29-,31+,33-,35-/m0/s1. The van der Waals surface area contributed by atoms with E-state index in [1.54, 1.807) is 38.1 Å². The maximum Gasteiger partial charge on any atom is 0.305 e. The zero-order valence-electron chi connectivity index (χ0n) is 30.4. The Hall–Kier alpha value is -3.47. The Morgan fingerprint density at radius 2 is 1.24 bits per heavy atom. The summed E-state index contributed by atoms with van der Waals surface area (Å²) in [5.41, 5.74) is 0.855. The second kappa shape index (κ2) is 26.4. The minimum absolute atomic E-state index is 0.134. The van der Waals surface area contributed by atoms with E-state index in [1.807, 2.05) is 0 Å². The fourth-order valence-corrected chi connectivity index (χ4v) is 5.73.